The molecule has 0 saturated carbocycles. The van der Waals surface area contributed by atoms with E-state index in [-0.39, 0.29) is 12.6 Å². The Hall–Kier alpha value is -2.61. The molecule has 0 spiro atoms. The molecule has 0 atom stereocenters. The second-order valence-corrected chi connectivity index (χ2v) is 5.20. The minimum absolute atomic E-state index is 0.272. The van der Waals surface area contributed by atoms with Crippen molar-refractivity contribution in [3.63, 3.8) is 0 Å². The molecule has 0 saturated heterocycles. The molecule has 0 aliphatic heterocycles. The van der Waals surface area contributed by atoms with Gasteiger partial charge in [0, 0.05) is 5.57 Å². The van der Waals surface area contributed by atoms with Crippen LogP contribution in [-0.2, 0) is 16.1 Å². The second kappa shape index (κ2) is 5.41. The molecule has 2 heteroatoms. The predicted molar refractivity (Wildman–Crippen MR) is 86.1 cm³/mol. The molecule has 0 amide bonds. The highest BCUT2D eigenvalue weighted by atomic mass is 16.5. The van der Waals surface area contributed by atoms with Crippen molar-refractivity contribution in [2.75, 3.05) is 0 Å². The molecule has 3 aromatic rings. The number of benzene rings is 3. The van der Waals surface area contributed by atoms with Crippen molar-refractivity contribution in [2.45, 2.75) is 13.5 Å². The Morgan fingerprint density at radius 3 is 2.52 bits per heavy atom. The van der Waals surface area contributed by atoms with E-state index in [0.29, 0.717) is 5.57 Å². The van der Waals surface area contributed by atoms with Gasteiger partial charge in [-0.1, -0.05) is 55.1 Å². The van der Waals surface area contributed by atoms with Crippen LogP contribution in [0.5, 0.6) is 0 Å². The minimum atomic E-state index is -0.353. The van der Waals surface area contributed by atoms with Crippen LogP contribution < -0.4 is 0 Å². The van der Waals surface area contributed by atoms with E-state index in [9.17, 15) is 4.79 Å². The Morgan fingerprint density at radius 2 is 1.71 bits per heavy atom. The summed E-state index contributed by atoms with van der Waals surface area (Å²) < 4.78 is 5.19. The molecule has 0 unspecified atom stereocenters. The highest BCUT2D eigenvalue weighted by Gasteiger charge is 2.05. The quantitative estimate of drug-likeness (QED) is 0.396. The molecule has 0 radical (unpaired) electrons. The largest absolute Gasteiger partial charge is 0.457 e. The molecular formula is C19H16O2. The molecule has 0 aromatic heterocycles. The number of esters is 1. The highest BCUT2D eigenvalue weighted by Crippen LogP contribution is 2.26. The standard InChI is InChI=1S/C19H16O2/c1-13(2)19(20)21-12-14-7-10-18-16(11-14)9-8-15-5-3-4-6-17(15)18/h3-11H,1,12H2,2H3. The van der Waals surface area contributed by atoms with Crippen molar-refractivity contribution < 1.29 is 9.53 Å². The molecule has 104 valence electrons. The number of hydrogen-bond acceptors (Lipinski definition) is 2. The van der Waals surface area contributed by atoms with E-state index in [4.69, 9.17) is 4.74 Å². The summed E-state index contributed by atoms with van der Waals surface area (Å²) in [5.41, 5.74) is 1.40. The molecular weight excluding hydrogens is 260 g/mol. The van der Waals surface area contributed by atoms with Crippen LogP contribution in [0.25, 0.3) is 21.5 Å². The van der Waals surface area contributed by atoms with Crippen LogP contribution >= 0.6 is 0 Å². The normalized spacial score (nSPS) is 10.7. The van der Waals surface area contributed by atoms with Gasteiger partial charge in [0.1, 0.15) is 6.61 Å². The van der Waals surface area contributed by atoms with Crippen molar-refractivity contribution in [1.29, 1.82) is 0 Å². The number of carbonyl (C=O) groups is 1. The van der Waals surface area contributed by atoms with Gasteiger partial charge in [-0.2, -0.15) is 0 Å². The van der Waals surface area contributed by atoms with Gasteiger partial charge >= 0.3 is 5.97 Å². The van der Waals surface area contributed by atoms with Crippen molar-refractivity contribution in [1.82, 2.24) is 0 Å². The summed E-state index contributed by atoms with van der Waals surface area (Å²) in [5, 5.41) is 4.83. The number of fused-ring (bicyclic) bond motifs is 3. The fourth-order valence-corrected chi connectivity index (χ4v) is 2.42. The van der Waals surface area contributed by atoms with Crippen LogP contribution in [0.1, 0.15) is 12.5 Å². The summed E-state index contributed by atoms with van der Waals surface area (Å²) in [5.74, 6) is -0.353. The van der Waals surface area contributed by atoms with Gasteiger partial charge in [0.15, 0.2) is 0 Å². The second-order valence-electron chi connectivity index (χ2n) is 5.20. The molecule has 0 fully saturated rings. The SMILES string of the molecule is C=C(C)C(=O)OCc1ccc2c(ccc3ccccc32)c1. The van der Waals surface area contributed by atoms with E-state index >= 15 is 0 Å². The van der Waals surface area contributed by atoms with Gasteiger partial charge in [-0.3, -0.25) is 0 Å². The average Bonchev–Trinajstić information content (AvgIpc) is 2.52. The summed E-state index contributed by atoms with van der Waals surface area (Å²) in [7, 11) is 0. The molecule has 21 heavy (non-hydrogen) atoms. The average molecular weight is 276 g/mol. The molecule has 0 heterocycles. The van der Waals surface area contributed by atoms with Crippen LogP contribution in [0.3, 0.4) is 0 Å². The summed E-state index contributed by atoms with van der Waals surface area (Å²) >= 11 is 0. The lowest BCUT2D eigenvalue weighted by atomic mass is 10.0. The van der Waals surface area contributed by atoms with E-state index in [1.165, 1.54) is 16.2 Å². The van der Waals surface area contributed by atoms with Gasteiger partial charge in [-0.05, 0) is 40.1 Å². The smallest absolute Gasteiger partial charge is 0.333 e. The maximum Gasteiger partial charge on any atom is 0.333 e. The lowest BCUT2D eigenvalue weighted by Gasteiger charge is -2.08. The zero-order valence-electron chi connectivity index (χ0n) is 11.9. The van der Waals surface area contributed by atoms with Crippen molar-refractivity contribution >= 4 is 27.5 Å². The number of ether oxygens (including phenoxy) is 1. The van der Waals surface area contributed by atoms with Crippen LogP contribution in [0, 0.1) is 0 Å². The maximum absolute atomic E-state index is 11.4. The van der Waals surface area contributed by atoms with Crippen LogP contribution in [0.15, 0.2) is 66.7 Å². The number of carbonyl (C=O) groups excluding carboxylic acids is 1. The number of rotatable bonds is 3. The third-order valence-corrected chi connectivity index (χ3v) is 3.53. The third kappa shape index (κ3) is 2.65. The minimum Gasteiger partial charge on any atom is -0.457 e. The van der Waals surface area contributed by atoms with Crippen LogP contribution in [-0.4, -0.2) is 5.97 Å². The van der Waals surface area contributed by atoms with E-state index < -0.39 is 0 Å². The van der Waals surface area contributed by atoms with E-state index in [0.717, 1.165) is 10.9 Å². The Labute approximate surface area is 123 Å². The zero-order chi connectivity index (χ0) is 14.8. The monoisotopic (exact) mass is 276 g/mol. The van der Waals surface area contributed by atoms with Gasteiger partial charge in [-0.15, -0.1) is 0 Å². The fraction of sp³-hybridized carbons (Fsp3) is 0.105. The number of hydrogen-bond donors (Lipinski definition) is 0. The molecule has 2 nitrogen and oxygen atoms in total. The Morgan fingerprint density at radius 1 is 1.00 bits per heavy atom. The summed E-state index contributed by atoms with van der Waals surface area (Å²) in [4.78, 5) is 11.4. The molecule has 0 aliphatic carbocycles. The van der Waals surface area contributed by atoms with E-state index in [2.05, 4.69) is 43.0 Å². The summed E-state index contributed by atoms with van der Waals surface area (Å²) in [6, 6.07) is 18.7. The van der Waals surface area contributed by atoms with Crippen LogP contribution in [0.4, 0.5) is 0 Å². The molecule has 3 rings (SSSR count). The van der Waals surface area contributed by atoms with Crippen molar-refractivity contribution in [3.05, 3.63) is 72.3 Å². The predicted octanol–water partition coefficient (Wildman–Crippen LogP) is 4.61. The van der Waals surface area contributed by atoms with E-state index in [1.807, 2.05) is 18.2 Å². The maximum atomic E-state index is 11.4. The molecule has 3 aromatic carbocycles. The first-order chi connectivity index (χ1) is 10.1. The van der Waals surface area contributed by atoms with Crippen molar-refractivity contribution in [3.8, 4) is 0 Å². The van der Waals surface area contributed by atoms with Crippen LogP contribution in [0.2, 0.25) is 0 Å². The fourth-order valence-electron chi connectivity index (χ4n) is 2.42. The Kier molecular flexibility index (Phi) is 3.44. The first-order valence-electron chi connectivity index (χ1n) is 6.88. The van der Waals surface area contributed by atoms with Gasteiger partial charge in [-0.25, -0.2) is 4.79 Å². The first-order valence-corrected chi connectivity index (χ1v) is 6.88. The van der Waals surface area contributed by atoms with Gasteiger partial charge < -0.3 is 4.74 Å². The Bertz CT molecular complexity index is 846. The lowest BCUT2D eigenvalue weighted by molar-refractivity contribution is -0.140. The lowest BCUT2D eigenvalue weighted by Crippen LogP contribution is -2.04. The van der Waals surface area contributed by atoms with Crippen molar-refractivity contribution in [2.24, 2.45) is 0 Å². The molecule has 0 aliphatic rings. The third-order valence-electron chi connectivity index (χ3n) is 3.53. The molecule has 0 N–H and O–H groups in total. The van der Waals surface area contributed by atoms with Gasteiger partial charge in [0.05, 0.1) is 0 Å². The zero-order valence-corrected chi connectivity index (χ0v) is 11.9. The van der Waals surface area contributed by atoms with E-state index in [1.54, 1.807) is 6.92 Å². The summed E-state index contributed by atoms with van der Waals surface area (Å²) in [6.07, 6.45) is 0. The topological polar surface area (TPSA) is 26.3 Å². The highest BCUT2D eigenvalue weighted by molar-refractivity contribution is 6.07. The van der Waals surface area contributed by atoms with Gasteiger partial charge in [0.2, 0.25) is 0 Å². The van der Waals surface area contributed by atoms with Gasteiger partial charge in [0.25, 0.3) is 0 Å². The Balaban J connectivity index is 1.95. The molecule has 0 bridgehead atoms. The summed E-state index contributed by atoms with van der Waals surface area (Å²) in [6.45, 7) is 5.50. The first kappa shape index (κ1) is 13.4.